The van der Waals surface area contributed by atoms with Crippen LogP contribution in [-0.2, 0) is 30.5 Å². The van der Waals surface area contributed by atoms with Crippen molar-refractivity contribution in [3.05, 3.63) is 35.9 Å². The van der Waals surface area contributed by atoms with Crippen LogP contribution in [0.25, 0.3) is 0 Å². The summed E-state index contributed by atoms with van der Waals surface area (Å²) in [4.78, 5) is 50.8. The SMILES string of the molecule is CCOC(=O)CN1C(=O)CN(C(=O)CCCNC(=O)OCc2ccccc2)C[C@H]1CO. The lowest BCUT2D eigenvalue weighted by Gasteiger charge is -2.39. The molecule has 10 nitrogen and oxygen atoms in total. The number of benzene rings is 1. The minimum atomic E-state index is -0.666. The van der Waals surface area contributed by atoms with Crippen LogP contribution in [0.1, 0.15) is 25.3 Å². The summed E-state index contributed by atoms with van der Waals surface area (Å²) < 4.78 is 9.94. The zero-order valence-electron chi connectivity index (χ0n) is 17.6. The number of hydrogen-bond acceptors (Lipinski definition) is 7. The molecule has 0 bridgehead atoms. The molecule has 31 heavy (non-hydrogen) atoms. The maximum atomic E-state index is 12.4. The van der Waals surface area contributed by atoms with E-state index in [0.29, 0.717) is 6.42 Å². The summed E-state index contributed by atoms with van der Waals surface area (Å²) >= 11 is 0. The molecule has 10 heteroatoms. The van der Waals surface area contributed by atoms with Gasteiger partial charge in [0.15, 0.2) is 0 Å². The largest absolute Gasteiger partial charge is 0.465 e. The van der Waals surface area contributed by atoms with Crippen molar-refractivity contribution in [2.75, 3.05) is 39.4 Å². The van der Waals surface area contributed by atoms with Gasteiger partial charge in [-0.25, -0.2) is 4.79 Å². The fourth-order valence-electron chi connectivity index (χ4n) is 3.15. The number of carbonyl (C=O) groups is 4. The molecule has 1 aliphatic rings. The number of piperazine rings is 1. The molecule has 1 aromatic rings. The lowest BCUT2D eigenvalue weighted by atomic mass is 10.1. The van der Waals surface area contributed by atoms with Crippen LogP contribution in [0.15, 0.2) is 30.3 Å². The maximum absolute atomic E-state index is 12.4. The van der Waals surface area contributed by atoms with Crippen LogP contribution in [0.3, 0.4) is 0 Å². The van der Waals surface area contributed by atoms with Gasteiger partial charge in [-0.3, -0.25) is 14.4 Å². The fraction of sp³-hybridized carbons (Fsp3) is 0.524. The molecule has 1 aromatic carbocycles. The lowest BCUT2D eigenvalue weighted by molar-refractivity contribution is -0.157. The van der Waals surface area contributed by atoms with Gasteiger partial charge in [0.25, 0.3) is 0 Å². The van der Waals surface area contributed by atoms with Crippen LogP contribution in [0.5, 0.6) is 0 Å². The van der Waals surface area contributed by atoms with Gasteiger partial charge in [0.1, 0.15) is 13.2 Å². The van der Waals surface area contributed by atoms with Crippen molar-refractivity contribution < 1.29 is 33.8 Å². The third kappa shape index (κ3) is 7.89. The highest BCUT2D eigenvalue weighted by Crippen LogP contribution is 2.13. The van der Waals surface area contributed by atoms with Crippen LogP contribution in [0.4, 0.5) is 4.79 Å². The third-order valence-electron chi connectivity index (χ3n) is 4.74. The Morgan fingerprint density at radius 1 is 1.19 bits per heavy atom. The van der Waals surface area contributed by atoms with Crippen LogP contribution >= 0.6 is 0 Å². The molecule has 0 unspecified atom stereocenters. The molecular weight excluding hydrogens is 406 g/mol. The Balaban J connectivity index is 1.70. The number of hydrogen-bond donors (Lipinski definition) is 2. The first-order valence-corrected chi connectivity index (χ1v) is 10.2. The highest BCUT2D eigenvalue weighted by Gasteiger charge is 2.35. The van der Waals surface area contributed by atoms with Crippen molar-refractivity contribution >= 4 is 23.9 Å². The van der Waals surface area contributed by atoms with Gasteiger partial charge in [-0.15, -0.1) is 0 Å². The van der Waals surface area contributed by atoms with Crippen LogP contribution < -0.4 is 5.32 Å². The number of nitrogens with one attached hydrogen (secondary N) is 1. The number of rotatable bonds is 10. The molecular formula is C21H29N3O7. The van der Waals surface area contributed by atoms with Gasteiger partial charge < -0.3 is 29.7 Å². The first kappa shape index (κ1) is 24.1. The standard InChI is InChI=1S/C21H29N3O7/c1-2-30-20(28)13-24-17(14-25)11-23(12-19(24)27)18(26)9-6-10-22-21(29)31-15-16-7-4-3-5-8-16/h3-5,7-8,17,25H,2,6,9-15H2,1H3,(H,22,29)/t17-/m0/s1. The number of esters is 1. The summed E-state index contributed by atoms with van der Waals surface area (Å²) in [6.07, 6.45) is -0.0675. The van der Waals surface area contributed by atoms with E-state index in [1.165, 1.54) is 9.80 Å². The van der Waals surface area contributed by atoms with Gasteiger partial charge in [0.2, 0.25) is 11.8 Å². The number of aliphatic hydroxyl groups excluding tert-OH is 1. The van der Waals surface area contributed by atoms with Crippen LogP contribution in [0, 0.1) is 0 Å². The van der Waals surface area contributed by atoms with Crippen molar-refractivity contribution in [2.45, 2.75) is 32.4 Å². The molecule has 1 heterocycles. The van der Waals surface area contributed by atoms with E-state index in [1.807, 2.05) is 30.3 Å². The molecule has 0 spiro atoms. The monoisotopic (exact) mass is 435 g/mol. The van der Waals surface area contributed by atoms with Gasteiger partial charge in [0.05, 0.1) is 25.8 Å². The summed E-state index contributed by atoms with van der Waals surface area (Å²) in [5, 5.41) is 12.2. The van der Waals surface area contributed by atoms with Gasteiger partial charge in [-0.1, -0.05) is 30.3 Å². The summed E-state index contributed by atoms with van der Waals surface area (Å²) in [7, 11) is 0. The smallest absolute Gasteiger partial charge is 0.407 e. The normalized spacial score (nSPS) is 16.1. The summed E-state index contributed by atoms with van der Waals surface area (Å²) in [5.74, 6) is -1.24. The molecule has 0 saturated carbocycles. The van der Waals surface area contributed by atoms with Crippen molar-refractivity contribution in [1.29, 1.82) is 0 Å². The number of aliphatic hydroxyl groups is 1. The van der Waals surface area contributed by atoms with E-state index in [-0.39, 0.29) is 58.3 Å². The third-order valence-corrected chi connectivity index (χ3v) is 4.74. The highest BCUT2D eigenvalue weighted by molar-refractivity contribution is 5.88. The van der Waals surface area contributed by atoms with Crippen molar-refractivity contribution in [2.24, 2.45) is 0 Å². The second-order valence-corrected chi connectivity index (χ2v) is 7.03. The number of ether oxygens (including phenoxy) is 2. The molecule has 1 saturated heterocycles. The Morgan fingerprint density at radius 3 is 2.61 bits per heavy atom. The average molecular weight is 435 g/mol. The minimum absolute atomic E-state index is 0.127. The van der Waals surface area contributed by atoms with Gasteiger partial charge in [-0.05, 0) is 18.9 Å². The lowest BCUT2D eigenvalue weighted by Crippen LogP contribution is -2.60. The molecule has 1 aliphatic heterocycles. The maximum Gasteiger partial charge on any atom is 0.407 e. The van der Waals surface area contributed by atoms with E-state index < -0.39 is 24.0 Å². The molecule has 1 atom stereocenters. The Hall–Kier alpha value is -3.14. The number of nitrogens with zero attached hydrogens (tertiary/aromatic N) is 2. The van der Waals surface area contributed by atoms with E-state index in [0.717, 1.165) is 5.56 Å². The van der Waals surface area contributed by atoms with E-state index in [2.05, 4.69) is 5.32 Å². The minimum Gasteiger partial charge on any atom is -0.465 e. The number of carbonyl (C=O) groups excluding carboxylic acids is 4. The van der Waals surface area contributed by atoms with E-state index in [1.54, 1.807) is 6.92 Å². The van der Waals surface area contributed by atoms with E-state index in [4.69, 9.17) is 9.47 Å². The van der Waals surface area contributed by atoms with Crippen molar-refractivity contribution in [1.82, 2.24) is 15.1 Å². The quantitative estimate of drug-likeness (QED) is 0.400. The predicted octanol–water partition coefficient (Wildman–Crippen LogP) is 0.288. The Bertz CT molecular complexity index is 757. The highest BCUT2D eigenvalue weighted by atomic mass is 16.5. The molecule has 0 radical (unpaired) electrons. The summed E-state index contributed by atoms with van der Waals surface area (Å²) in [6.45, 7) is 1.61. The second kappa shape index (κ2) is 12.5. The molecule has 3 amide bonds. The fourth-order valence-corrected chi connectivity index (χ4v) is 3.15. The van der Waals surface area contributed by atoms with Crippen LogP contribution in [0.2, 0.25) is 0 Å². The first-order valence-electron chi connectivity index (χ1n) is 10.2. The number of amides is 3. The molecule has 170 valence electrons. The molecule has 0 aliphatic carbocycles. The van der Waals surface area contributed by atoms with Crippen LogP contribution in [-0.4, -0.2) is 84.2 Å². The van der Waals surface area contributed by atoms with E-state index >= 15 is 0 Å². The predicted molar refractivity (Wildman–Crippen MR) is 110 cm³/mol. The van der Waals surface area contributed by atoms with Gasteiger partial charge in [0, 0.05) is 19.5 Å². The zero-order chi connectivity index (χ0) is 22.6. The average Bonchev–Trinajstić information content (AvgIpc) is 2.77. The van der Waals surface area contributed by atoms with Crippen molar-refractivity contribution in [3.63, 3.8) is 0 Å². The van der Waals surface area contributed by atoms with Gasteiger partial charge in [-0.2, -0.15) is 0 Å². The number of alkyl carbamates (subject to hydrolysis) is 1. The molecule has 2 rings (SSSR count). The Labute approximate surface area is 181 Å². The van der Waals surface area contributed by atoms with Crippen molar-refractivity contribution in [3.8, 4) is 0 Å². The molecule has 0 aromatic heterocycles. The Kier molecular flexibility index (Phi) is 9.76. The van der Waals surface area contributed by atoms with Gasteiger partial charge >= 0.3 is 12.1 Å². The molecule has 2 N–H and O–H groups in total. The second-order valence-electron chi connectivity index (χ2n) is 7.03. The molecule has 1 fully saturated rings. The van der Waals surface area contributed by atoms with E-state index in [9.17, 15) is 24.3 Å². The topological polar surface area (TPSA) is 125 Å². The summed E-state index contributed by atoms with van der Waals surface area (Å²) in [6, 6.07) is 8.60. The first-order chi connectivity index (χ1) is 14.9. The Morgan fingerprint density at radius 2 is 1.94 bits per heavy atom. The summed E-state index contributed by atoms with van der Waals surface area (Å²) in [5.41, 5.74) is 0.873. The zero-order valence-corrected chi connectivity index (χ0v) is 17.6.